The average molecular weight is 255 g/mol. The van der Waals surface area contributed by atoms with Crippen molar-refractivity contribution in [3.63, 3.8) is 0 Å². The normalized spacial score (nSPS) is 12.2. The average Bonchev–Trinajstić information content (AvgIpc) is 2.46. The number of aliphatic hydroxyl groups is 1. The van der Waals surface area contributed by atoms with Crippen LogP contribution in [-0.2, 0) is 6.54 Å². The molecule has 19 heavy (non-hydrogen) atoms. The maximum absolute atomic E-state index is 9.89. The molecule has 2 aromatic carbocycles. The summed E-state index contributed by atoms with van der Waals surface area (Å²) in [4.78, 5) is 2.29. The maximum Gasteiger partial charge on any atom is 0.0781 e. The summed E-state index contributed by atoms with van der Waals surface area (Å²) in [7, 11) is 0. The van der Waals surface area contributed by atoms with E-state index < -0.39 is 6.10 Å². The Bertz CT molecular complexity index is 508. The fraction of sp³-hybridized carbons (Fsp3) is 0.294. The molecule has 2 nitrogen and oxygen atoms in total. The van der Waals surface area contributed by atoms with Crippen molar-refractivity contribution < 1.29 is 5.11 Å². The second kappa shape index (κ2) is 6.39. The molecule has 0 saturated carbocycles. The Kier molecular flexibility index (Phi) is 4.58. The van der Waals surface area contributed by atoms with Crippen LogP contribution in [0.2, 0.25) is 0 Å². The molecule has 0 aliphatic carbocycles. The van der Waals surface area contributed by atoms with Gasteiger partial charge in [0.25, 0.3) is 0 Å². The monoisotopic (exact) mass is 255 g/mol. The minimum atomic E-state index is -0.443. The van der Waals surface area contributed by atoms with Gasteiger partial charge in [0.1, 0.15) is 0 Å². The Balaban J connectivity index is 2.27. The number of rotatable bonds is 5. The number of anilines is 1. The molecule has 2 rings (SSSR count). The molecule has 0 amide bonds. The van der Waals surface area contributed by atoms with E-state index in [0.29, 0.717) is 0 Å². The lowest BCUT2D eigenvalue weighted by Crippen LogP contribution is -2.23. The van der Waals surface area contributed by atoms with E-state index in [-0.39, 0.29) is 0 Å². The number of hydrogen-bond acceptors (Lipinski definition) is 2. The molecule has 0 unspecified atom stereocenters. The topological polar surface area (TPSA) is 23.5 Å². The van der Waals surface area contributed by atoms with Crippen LogP contribution in [0, 0.1) is 0 Å². The third-order valence-electron chi connectivity index (χ3n) is 3.33. The maximum atomic E-state index is 9.89. The molecule has 2 aromatic rings. The van der Waals surface area contributed by atoms with Crippen LogP contribution in [0.25, 0.3) is 0 Å². The van der Waals surface area contributed by atoms with Gasteiger partial charge in [0.2, 0.25) is 0 Å². The highest BCUT2D eigenvalue weighted by atomic mass is 16.3. The van der Waals surface area contributed by atoms with Crippen LogP contribution >= 0.6 is 0 Å². The summed E-state index contributed by atoms with van der Waals surface area (Å²) in [6.45, 7) is 5.73. The molecule has 0 spiro atoms. The minimum absolute atomic E-state index is 0.443. The van der Waals surface area contributed by atoms with Crippen molar-refractivity contribution in [2.24, 2.45) is 0 Å². The lowest BCUT2D eigenvalue weighted by Gasteiger charge is -2.26. The van der Waals surface area contributed by atoms with Crippen LogP contribution in [0.4, 0.5) is 5.69 Å². The molecule has 2 heteroatoms. The fourth-order valence-electron chi connectivity index (χ4n) is 2.30. The standard InChI is InChI=1S/C17H21NO/c1-3-18(13-15-9-5-4-6-10-15)17-12-8-7-11-16(17)14(2)19/h4-12,14,19H,3,13H2,1-2H3/t14-/m0/s1. The van der Waals surface area contributed by atoms with Gasteiger partial charge in [-0.05, 0) is 25.5 Å². The van der Waals surface area contributed by atoms with Gasteiger partial charge >= 0.3 is 0 Å². The lowest BCUT2D eigenvalue weighted by molar-refractivity contribution is 0.199. The Morgan fingerprint density at radius 3 is 2.26 bits per heavy atom. The second-order valence-electron chi connectivity index (χ2n) is 4.73. The van der Waals surface area contributed by atoms with E-state index in [9.17, 15) is 5.11 Å². The number of aliphatic hydroxyl groups excluding tert-OH is 1. The van der Waals surface area contributed by atoms with Gasteiger partial charge in [0.05, 0.1) is 6.10 Å². The molecule has 0 aliphatic rings. The summed E-state index contributed by atoms with van der Waals surface area (Å²) in [6.07, 6.45) is -0.443. The highest BCUT2D eigenvalue weighted by molar-refractivity contribution is 5.54. The van der Waals surface area contributed by atoms with Gasteiger partial charge in [-0.1, -0.05) is 48.5 Å². The number of nitrogens with zero attached hydrogens (tertiary/aromatic N) is 1. The zero-order valence-electron chi connectivity index (χ0n) is 11.6. The van der Waals surface area contributed by atoms with E-state index in [4.69, 9.17) is 0 Å². The Labute approximate surface area is 115 Å². The van der Waals surface area contributed by atoms with Crippen LogP contribution in [0.3, 0.4) is 0 Å². The van der Waals surface area contributed by atoms with Crippen molar-refractivity contribution in [1.82, 2.24) is 0 Å². The van der Waals surface area contributed by atoms with Gasteiger partial charge in [-0.3, -0.25) is 0 Å². The molecule has 0 aliphatic heterocycles. The molecular weight excluding hydrogens is 234 g/mol. The van der Waals surface area contributed by atoms with Crippen LogP contribution in [0.5, 0.6) is 0 Å². The molecule has 100 valence electrons. The van der Waals surface area contributed by atoms with Gasteiger partial charge in [-0.15, -0.1) is 0 Å². The highest BCUT2D eigenvalue weighted by Gasteiger charge is 2.12. The SMILES string of the molecule is CCN(Cc1ccccc1)c1ccccc1[C@H](C)O. The van der Waals surface area contributed by atoms with E-state index in [1.54, 1.807) is 0 Å². The molecule has 0 bridgehead atoms. The molecule has 0 fully saturated rings. The zero-order valence-corrected chi connectivity index (χ0v) is 11.6. The molecule has 0 heterocycles. The van der Waals surface area contributed by atoms with Crippen molar-refractivity contribution in [3.05, 3.63) is 65.7 Å². The van der Waals surface area contributed by atoms with Crippen molar-refractivity contribution >= 4 is 5.69 Å². The Hall–Kier alpha value is -1.80. The van der Waals surface area contributed by atoms with E-state index in [1.165, 1.54) is 5.56 Å². The van der Waals surface area contributed by atoms with Crippen LogP contribution in [-0.4, -0.2) is 11.7 Å². The quantitative estimate of drug-likeness (QED) is 0.879. The third kappa shape index (κ3) is 3.36. The predicted octanol–water partition coefficient (Wildman–Crippen LogP) is 3.77. The van der Waals surface area contributed by atoms with Crippen molar-refractivity contribution in [2.75, 3.05) is 11.4 Å². The summed E-state index contributed by atoms with van der Waals surface area (Å²) in [6, 6.07) is 18.5. The molecule has 0 aromatic heterocycles. The molecular formula is C17H21NO. The van der Waals surface area contributed by atoms with E-state index in [1.807, 2.05) is 31.2 Å². The van der Waals surface area contributed by atoms with Crippen LogP contribution < -0.4 is 4.90 Å². The van der Waals surface area contributed by atoms with Gasteiger partial charge in [0, 0.05) is 24.3 Å². The summed E-state index contributed by atoms with van der Waals surface area (Å²) in [5.74, 6) is 0. The zero-order chi connectivity index (χ0) is 13.7. The summed E-state index contributed by atoms with van der Waals surface area (Å²) in [5.41, 5.74) is 3.38. The second-order valence-corrected chi connectivity index (χ2v) is 4.73. The summed E-state index contributed by atoms with van der Waals surface area (Å²) >= 11 is 0. The first-order chi connectivity index (χ1) is 9.22. The van der Waals surface area contributed by atoms with Gasteiger partial charge in [-0.25, -0.2) is 0 Å². The molecule has 1 N–H and O–H groups in total. The van der Waals surface area contributed by atoms with Gasteiger partial charge < -0.3 is 10.0 Å². The largest absolute Gasteiger partial charge is 0.389 e. The number of benzene rings is 2. The predicted molar refractivity (Wildman–Crippen MR) is 80.2 cm³/mol. The summed E-state index contributed by atoms with van der Waals surface area (Å²) < 4.78 is 0. The van der Waals surface area contributed by atoms with Crippen LogP contribution in [0.15, 0.2) is 54.6 Å². The third-order valence-corrected chi connectivity index (χ3v) is 3.33. The Morgan fingerprint density at radius 2 is 1.63 bits per heavy atom. The van der Waals surface area contributed by atoms with E-state index in [2.05, 4.69) is 42.2 Å². The Morgan fingerprint density at radius 1 is 1.00 bits per heavy atom. The van der Waals surface area contributed by atoms with Gasteiger partial charge in [0.15, 0.2) is 0 Å². The first-order valence-electron chi connectivity index (χ1n) is 6.78. The fourth-order valence-corrected chi connectivity index (χ4v) is 2.30. The number of hydrogen-bond donors (Lipinski definition) is 1. The molecule has 0 radical (unpaired) electrons. The molecule has 1 atom stereocenters. The van der Waals surface area contributed by atoms with Crippen molar-refractivity contribution in [1.29, 1.82) is 0 Å². The smallest absolute Gasteiger partial charge is 0.0781 e. The molecule has 0 saturated heterocycles. The highest BCUT2D eigenvalue weighted by Crippen LogP contribution is 2.27. The van der Waals surface area contributed by atoms with Crippen LogP contribution in [0.1, 0.15) is 31.1 Å². The lowest BCUT2D eigenvalue weighted by atomic mass is 10.1. The van der Waals surface area contributed by atoms with Gasteiger partial charge in [-0.2, -0.15) is 0 Å². The van der Waals surface area contributed by atoms with Crippen molar-refractivity contribution in [2.45, 2.75) is 26.5 Å². The van der Waals surface area contributed by atoms with E-state index >= 15 is 0 Å². The summed E-state index contributed by atoms with van der Waals surface area (Å²) in [5, 5.41) is 9.89. The first-order valence-corrected chi connectivity index (χ1v) is 6.78. The number of para-hydroxylation sites is 1. The minimum Gasteiger partial charge on any atom is -0.389 e. The van der Waals surface area contributed by atoms with Crippen molar-refractivity contribution in [3.8, 4) is 0 Å². The first kappa shape index (κ1) is 13.6. The van der Waals surface area contributed by atoms with E-state index in [0.717, 1.165) is 24.3 Å².